The first-order valence-electron chi connectivity index (χ1n) is 10.7. The molecule has 5 atom stereocenters. The fraction of sp³-hybridized carbons (Fsp3) is 0.591. The number of likely N-dealkylation sites (tertiary alicyclic amines) is 1. The van der Waals surface area contributed by atoms with Crippen molar-refractivity contribution in [3.8, 4) is 0 Å². The van der Waals surface area contributed by atoms with E-state index in [9.17, 15) is 19.5 Å². The molecule has 3 fully saturated rings. The third-order valence-corrected chi connectivity index (χ3v) is 9.05. The van der Waals surface area contributed by atoms with Crippen LogP contribution in [-0.2, 0) is 14.4 Å². The smallest absolute Gasteiger partial charge is 0.248 e. The van der Waals surface area contributed by atoms with Crippen LogP contribution >= 0.6 is 23.4 Å². The zero-order valence-corrected chi connectivity index (χ0v) is 19.3. The summed E-state index contributed by atoms with van der Waals surface area (Å²) in [7, 11) is 0. The molecular formula is C22H28ClN3O4S. The molecule has 1 aromatic carbocycles. The fourth-order valence-corrected chi connectivity index (χ4v) is 8.06. The Kier molecular flexibility index (Phi) is 6.00. The number of aliphatic hydroxyl groups excluding tert-OH is 1. The summed E-state index contributed by atoms with van der Waals surface area (Å²) >= 11 is 7.56. The average molecular weight is 466 g/mol. The van der Waals surface area contributed by atoms with Crippen molar-refractivity contribution in [2.45, 2.75) is 48.6 Å². The summed E-state index contributed by atoms with van der Waals surface area (Å²) in [6.07, 6.45) is 2.26. The number of thioether (sulfide) groups is 1. The molecule has 3 N–H and O–H groups in total. The van der Waals surface area contributed by atoms with Crippen molar-refractivity contribution in [3.63, 3.8) is 0 Å². The van der Waals surface area contributed by atoms with Gasteiger partial charge >= 0.3 is 0 Å². The van der Waals surface area contributed by atoms with E-state index in [4.69, 9.17) is 11.6 Å². The predicted molar refractivity (Wildman–Crippen MR) is 121 cm³/mol. The van der Waals surface area contributed by atoms with Gasteiger partial charge in [0.05, 0.1) is 23.2 Å². The van der Waals surface area contributed by atoms with Crippen LogP contribution in [0.15, 0.2) is 24.3 Å². The topological polar surface area (TPSA) is 98.7 Å². The normalized spacial score (nSPS) is 33.5. The molecule has 0 saturated carbocycles. The third kappa shape index (κ3) is 3.52. The largest absolute Gasteiger partial charge is 0.395 e. The number of benzene rings is 1. The van der Waals surface area contributed by atoms with Crippen LogP contribution in [0.4, 0.5) is 5.69 Å². The van der Waals surface area contributed by atoms with E-state index < -0.39 is 22.6 Å². The summed E-state index contributed by atoms with van der Waals surface area (Å²) in [5, 5.41) is 16.1. The van der Waals surface area contributed by atoms with E-state index in [1.54, 1.807) is 36.0 Å². The first-order valence-corrected chi connectivity index (χ1v) is 11.9. The van der Waals surface area contributed by atoms with Gasteiger partial charge in [-0.3, -0.25) is 14.4 Å². The summed E-state index contributed by atoms with van der Waals surface area (Å²) < 4.78 is -1.06. The van der Waals surface area contributed by atoms with Gasteiger partial charge < -0.3 is 20.6 Å². The Bertz CT molecular complexity index is 897. The fourth-order valence-electron chi connectivity index (χ4n) is 5.58. The quantitative estimate of drug-likeness (QED) is 0.573. The molecule has 2 unspecified atom stereocenters. The maximum Gasteiger partial charge on any atom is 0.248 e. The molecule has 1 spiro atoms. The number of hydrogen-bond acceptors (Lipinski definition) is 5. The highest BCUT2D eigenvalue weighted by Gasteiger charge is 2.76. The van der Waals surface area contributed by atoms with Gasteiger partial charge in [0.15, 0.2) is 0 Å². The molecule has 7 nitrogen and oxygen atoms in total. The van der Waals surface area contributed by atoms with E-state index in [1.165, 1.54) is 4.90 Å². The lowest BCUT2D eigenvalue weighted by Crippen LogP contribution is -2.52. The molecule has 3 heterocycles. The van der Waals surface area contributed by atoms with E-state index in [-0.39, 0.29) is 35.6 Å². The van der Waals surface area contributed by atoms with E-state index >= 15 is 0 Å². The Morgan fingerprint density at radius 1 is 1.26 bits per heavy atom. The molecule has 0 aromatic heterocycles. The lowest BCUT2D eigenvalue weighted by molar-refractivity contribution is -0.140. The third-order valence-electron chi connectivity index (χ3n) is 6.81. The maximum absolute atomic E-state index is 13.5. The lowest BCUT2D eigenvalue weighted by Gasteiger charge is -2.34. The average Bonchev–Trinajstić information content (AvgIpc) is 3.29. The number of aliphatic hydroxyl groups is 1. The molecule has 31 heavy (non-hydrogen) atoms. The van der Waals surface area contributed by atoms with Gasteiger partial charge in [-0.15, -0.1) is 11.8 Å². The molecule has 3 aliphatic rings. The molecule has 1 aromatic rings. The van der Waals surface area contributed by atoms with Crippen molar-refractivity contribution < 1.29 is 19.5 Å². The summed E-state index contributed by atoms with van der Waals surface area (Å²) in [5.41, 5.74) is 0.589. The number of halogens is 1. The maximum atomic E-state index is 13.5. The van der Waals surface area contributed by atoms with Crippen LogP contribution in [0.1, 0.15) is 33.1 Å². The number of carbonyl (C=O) groups is 3. The molecule has 3 saturated heterocycles. The second-order valence-electron chi connectivity index (χ2n) is 8.77. The monoisotopic (exact) mass is 465 g/mol. The number of nitrogens with zero attached hydrogens (tertiary/aromatic N) is 1. The van der Waals surface area contributed by atoms with Gasteiger partial charge in [0.25, 0.3) is 0 Å². The van der Waals surface area contributed by atoms with Crippen molar-refractivity contribution in [2.75, 3.05) is 25.0 Å². The zero-order chi connectivity index (χ0) is 22.4. The van der Waals surface area contributed by atoms with Gasteiger partial charge in [-0.1, -0.05) is 18.5 Å². The van der Waals surface area contributed by atoms with E-state index in [1.807, 2.05) is 13.8 Å². The Labute approximate surface area is 191 Å². The minimum atomic E-state index is -0.747. The number of anilines is 1. The van der Waals surface area contributed by atoms with Gasteiger partial charge in [-0.25, -0.2) is 0 Å². The summed E-state index contributed by atoms with van der Waals surface area (Å²) in [5.74, 6) is -1.67. The van der Waals surface area contributed by atoms with Crippen LogP contribution in [0.2, 0.25) is 5.02 Å². The van der Waals surface area contributed by atoms with Crippen molar-refractivity contribution in [3.05, 3.63) is 29.3 Å². The first kappa shape index (κ1) is 22.4. The Hall–Kier alpha value is -1.77. The number of rotatable bonds is 7. The van der Waals surface area contributed by atoms with Gasteiger partial charge in [-0.2, -0.15) is 0 Å². The van der Waals surface area contributed by atoms with Gasteiger partial charge in [0.2, 0.25) is 17.7 Å². The SMILES string of the molecule is CCCNC(=O)[C@@H]1[C@H]2C(=O)N(CCO)C(C(=O)Nc3ccc(Cl)cc3)C23CC[C@@]1(C)S3. The number of hydrogen-bond donors (Lipinski definition) is 3. The number of fused-ring (bicyclic) bond motifs is 1. The van der Waals surface area contributed by atoms with Crippen molar-refractivity contribution in [1.29, 1.82) is 0 Å². The number of carbonyl (C=O) groups excluding carboxylic acids is 3. The van der Waals surface area contributed by atoms with E-state index in [0.717, 1.165) is 12.8 Å². The van der Waals surface area contributed by atoms with Gasteiger partial charge in [0, 0.05) is 28.5 Å². The molecule has 9 heteroatoms. The number of nitrogens with one attached hydrogen (secondary N) is 2. The summed E-state index contributed by atoms with van der Waals surface area (Å²) in [6, 6.07) is 6.06. The molecular weight excluding hydrogens is 438 g/mol. The molecule has 2 bridgehead atoms. The Morgan fingerprint density at radius 2 is 1.97 bits per heavy atom. The number of β-amino-alcohol motifs (C(OH)–C–C–N with tert-alkyl or cyclic N) is 1. The molecule has 3 amide bonds. The van der Waals surface area contributed by atoms with Crippen LogP contribution in [0, 0.1) is 11.8 Å². The van der Waals surface area contributed by atoms with E-state index in [2.05, 4.69) is 10.6 Å². The van der Waals surface area contributed by atoms with Crippen LogP contribution in [0.25, 0.3) is 0 Å². The standard InChI is InChI=1S/C22H28ClN3O4S/c1-3-10-24-18(28)15-16-20(30)26(11-12-27)17(22(16)9-8-21(15,2)31-22)19(29)25-14-6-4-13(23)5-7-14/h4-7,15-17,27H,3,8-12H2,1-2H3,(H,24,28)(H,25,29)/t15-,16-,17?,21+,22?/m0/s1. The molecule has 0 radical (unpaired) electrons. The van der Waals surface area contributed by atoms with Gasteiger partial charge in [-0.05, 0) is 50.5 Å². The Balaban J connectivity index is 1.68. The highest BCUT2D eigenvalue weighted by Crippen LogP contribution is 2.71. The zero-order valence-electron chi connectivity index (χ0n) is 17.7. The lowest BCUT2D eigenvalue weighted by atomic mass is 9.66. The Morgan fingerprint density at radius 3 is 2.61 bits per heavy atom. The minimum absolute atomic E-state index is 0.0658. The van der Waals surface area contributed by atoms with Crippen molar-refractivity contribution in [1.82, 2.24) is 10.2 Å². The second kappa shape index (κ2) is 8.30. The van der Waals surface area contributed by atoms with Crippen LogP contribution in [0.5, 0.6) is 0 Å². The minimum Gasteiger partial charge on any atom is -0.395 e. The van der Waals surface area contributed by atoms with Crippen molar-refractivity contribution in [2.24, 2.45) is 11.8 Å². The van der Waals surface area contributed by atoms with Crippen LogP contribution in [-0.4, -0.2) is 63.0 Å². The molecule has 0 aliphatic carbocycles. The molecule has 3 aliphatic heterocycles. The first-order chi connectivity index (χ1) is 14.8. The van der Waals surface area contributed by atoms with Gasteiger partial charge in [0.1, 0.15) is 6.04 Å². The van der Waals surface area contributed by atoms with Crippen LogP contribution < -0.4 is 10.6 Å². The molecule has 168 valence electrons. The van der Waals surface area contributed by atoms with Crippen LogP contribution in [0.3, 0.4) is 0 Å². The molecule has 4 rings (SSSR count). The second-order valence-corrected chi connectivity index (χ2v) is 11.1. The van der Waals surface area contributed by atoms with E-state index in [0.29, 0.717) is 23.7 Å². The summed E-state index contributed by atoms with van der Waals surface area (Å²) in [6.45, 7) is 4.41. The number of amides is 3. The highest BCUT2D eigenvalue weighted by atomic mass is 35.5. The highest BCUT2D eigenvalue weighted by molar-refractivity contribution is 8.02. The predicted octanol–water partition coefficient (Wildman–Crippen LogP) is 2.28. The summed E-state index contributed by atoms with van der Waals surface area (Å²) in [4.78, 5) is 41.6. The van der Waals surface area contributed by atoms with Crippen molar-refractivity contribution >= 4 is 46.8 Å².